The summed E-state index contributed by atoms with van der Waals surface area (Å²) in [4.78, 5) is 0. The van der Waals surface area contributed by atoms with Crippen molar-refractivity contribution in [1.29, 1.82) is 0 Å². The molecule has 0 saturated carbocycles. The molecule has 1 N–H and O–H groups in total. The lowest BCUT2D eigenvalue weighted by atomic mass is 9.87. The highest BCUT2D eigenvalue weighted by atomic mass is 15.0. The van der Waals surface area contributed by atoms with E-state index in [1.165, 1.54) is 11.1 Å². The quantitative estimate of drug-likeness (QED) is 0.701. The van der Waals surface area contributed by atoms with Gasteiger partial charge in [-0.25, -0.2) is 0 Å². The van der Waals surface area contributed by atoms with E-state index in [-0.39, 0.29) is 11.1 Å². The lowest BCUT2D eigenvalue weighted by molar-refractivity contribution is 0.320. The Morgan fingerprint density at radius 1 is 0.882 bits per heavy atom. The lowest BCUT2D eigenvalue weighted by Gasteiger charge is -2.37. The van der Waals surface area contributed by atoms with Gasteiger partial charge in [-0.2, -0.15) is 0 Å². The third-order valence-corrected chi connectivity index (χ3v) is 2.54. The van der Waals surface area contributed by atoms with E-state index in [4.69, 9.17) is 0 Å². The molecule has 0 aromatic carbocycles. The van der Waals surface area contributed by atoms with Gasteiger partial charge in [-0.05, 0) is 66.5 Å². The molecule has 98 valence electrons. The van der Waals surface area contributed by atoms with Crippen LogP contribution in [0.2, 0.25) is 0 Å². The molecule has 0 aliphatic rings. The van der Waals surface area contributed by atoms with Crippen LogP contribution in [0.25, 0.3) is 0 Å². The normalized spacial score (nSPS) is 15.8. The fraction of sp³-hybridized carbons (Fsp3) is 0.625. The Kier molecular flexibility index (Phi) is 5.91. The molecular formula is C16H29N. The number of hydrogen-bond acceptors (Lipinski definition) is 1. The summed E-state index contributed by atoms with van der Waals surface area (Å²) in [6.07, 6.45) is 8.57. The second-order valence-corrected chi connectivity index (χ2v) is 6.10. The second-order valence-electron chi connectivity index (χ2n) is 6.10. The van der Waals surface area contributed by atoms with E-state index >= 15 is 0 Å². The average molecular weight is 235 g/mol. The van der Waals surface area contributed by atoms with Gasteiger partial charge < -0.3 is 5.32 Å². The van der Waals surface area contributed by atoms with E-state index in [1.807, 2.05) is 0 Å². The van der Waals surface area contributed by atoms with Crippen LogP contribution in [0.3, 0.4) is 0 Å². The van der Waals surface area contributed by atoms with E-state index in [9.17, 15) is 0 Å². The minimum Gasteiger partial charge on any atom is -0.303 e. The topological polar surface area (TPSA) is 12.0 Å². The standard InChI is InChI=1S/C16H29N/c1-9-11-13(3)14(12-10-2)16(7,8)17-15(4,5)6/h9-12,17H,1-8H3/b11-9-,12-10-,14-13+. The van der Waals surface area contributed by atoms with E-state index in [0.717, 1.165) is 0 Å². The van der Waals surface area contributed by atoms with Gasteiger partial charge in [-0.15, -0.1) is 0 Å². The largest absolute Gasteiger partial charge is 0.303 e. The maximum absolute atomic E-state index is 3.68. The Bertz CT molecular complexity index is 322. The summed E-state index contributed by atoms with van der Waals surface area (Å²) in [6.45, 7) is 17.4. The summed E-state index contributed by atoms with van der Waals surface area (Å²) in [5.74, 6) is 0. The minimum atomic E-state index is -0.0334. The fourth-order valence-electron chi connectivity index (χ4n) is 2.34. The minimum absolute atomic E-state index is 0.0334. The maximum Gasteiger partial charge on any atom is 0.0384 e. The zero-order chi connectivity index (χ0) is 13.7. The van der Waals surface area contributed by atoms with E-state index in [2.05, 4.69) is 85.0 Å². The van der Waals surface area contributed by atoms with Crippen molar-refractivity contribution in [1.82, 2.24) is 5.32 Å². The Labute approximate surface area is 108 Å². The highest BCUT2D eigenvalue weighted by Gasteiger charge is 2.27. The fourth-order valence-corrected chi connectivity index (χ4v) is 2.34. The SMILES string of the molecule is C\C=C/C(C)=C(\C=C/C)C(C)(C)NC(C)(C)C. The molecule has 0 aliphatic carbocycles. The molecule has 1 nitrogen and oxygen atoms in total. The first-order chi connectivity index (χ1) is 7.64. The predicted octanol–water partition coefficient (Wildman–Crippen LogP) is 4.62. The van der Waals surface area contributed by atoms with Gasteiger partial charge in [0.15, 0.2) is 0 Å². The van der Waals surface area contributed by atoms with Crippen LogP contribution in [0.1, 0.15) is 55.4 Å². The molecule has 0 rings (SSSR count). The molecule has 1 heteroatoms. The third kappa shape index (κ3) is 5.88. The van der Waals surface area contributed by atoms with Crippen LogP contribution in [0, 0.1) is 0 Å². The molecule has 0 amide bonds. The molecule has 0 fully saturated rings. The molecule has 0 spiro atoms. The van der Waals surface area contributed by atoms with Gasteiger partial charge in [0.25, 0.3) is 0 Å². The smallest absolute Gasteiger partial charge is 0.0384 e. The Hall–Kier alpha value is -0.820. The zero-order valence-corrected chi connectivity index (χ0v) is 12.8. The van der Waals surface area contributed by atoms with Crippen molar-refractivity contribution in [2.24, 2.45) is 0 Å². The summed E-state index contributed by atoms with van der Waals surface area (Å²) in [7, 11) is 0. The summed E-state index contributed by atoms with van der Waals surface area (Å²) >= 11 is 0. The van der Waals surface area contributed by atoms with Gasteiger partial charge in [-0.3, -0.25) is 0 Å². The van der Waals surface area contributed by atoms with Crippen molar-refractivity contribution in [2.75, 3.05) is 0 Å². The van der Waals surface area contributed by atoms with Crippen molar-refractivity contribution < 1.29 is 0 Å². The van der Waals surface area contributed by atoms with Gasteiger partial charge in [0, 0.05) is 11.1 Å². The average Bonchev–Trinajstić information content (AvgIpc) is 2.10. The molecule has 17 heavy (non-hydrogen) atoms. The predicted molar refractivity (Wildman–Crippen MR) is 79.3 cm³/mol. The molecule has 0 aromatic heterocycles. The zero-order valence-electron chi connectivity index (χ0n) is 12.8. The molecule has 0 radical (unpaired) electrons. The molecule has 0 aromatic rings. The summed E-state index contributed by atoms with van der Waals surface area (Å²) < 4.78 is 0. The number of hydrogen-bond donors (Lipinski definition) is 1. The van der Waals surface area contributed by atoms with Crippen LogP contribution in [0.15, 0.2) is 35.5 Å². The van der Waals surface area contributed by atoms with Gasteiger partial charge in [-0.1, -0.05) is 24.3 Å². The first-order valence-corrected chi connectivity index (χ1v) is 6.40. The Morgan fingerprint density at radius 2 is 1.35 bits per heavy atom. The van der Waals surface area contributed by atoms with E-state index < -0.39 is 0 Å². The van der Waals surface area contributed by atoms with Crippen molar-refractivity contribution in [3.8, 4) is 0 Å². The first kappa shape index (κ1) is 16.2. The summed E-state index contributed by atoms with van der Waals surface area (Å²) in [6, 6.07) is 0. The second kappa shape index (κ2) is 6.20. The van der Waals surface area contributed by atoms with Crippen molar-refractivity contribution in [2.45, 2.75) is 66.5 Å². The van der Waals surface area contributed by atoms with Crippen LogP contribution in [-0.4, -0.2) is 11.1 Å². The molecule has 0 aliphatic heterocycles. The van der Waals surface area contributed by atoms with Crippen molar-refractivity contribution in [3.63, 3.8) is 0 Å². The Balaban J connectivity index is 5.40. The summed E-state index contributed by atoms with van der Waals surface area (Å²) in [5, 5.41) is 3.68. The molecule has 0 bridgehead atoms. The van der Waals surface area contributed by atoms with Crippen LogP contribution in [0.4, 0.5) is 0 Å². The highest BCUT2D eigenvalue weighted by Crippen LogP contribution is 2.24. The van der Waals surface area contributed by atoms with Crippen molar-refractivity contribution in [3.05, 3.63) is 35.5 Å². The van der Waals surface area contributed by atoms with Gasteiger partial charge >= 0.3 is 0 Å². The van der Waals surface area contributed by atoms with Gasteiger partial charge in [0.05, 0.1) is 0 Å². The van der Waals surface area contributed by atoms with E-state index in [0.29, 0.717) is 0 Å². The number of nitrogens with one attached hydrogen (secondary N) is 1. The van der Waals surface area contributed by atoms with Crippen LogP contribution in [-0.2, 0) is 0 Å². The number of allylic oxidation sites excluding steroid dienone is 4. The molecule has 0 unspecified atom stereocenters. The number of rotatable bonds is 4. The summed E-state index contributed by atoms with van der Waals surface area (Å²) in [5.41, 5.74) is 2.72. The third-order valence-electron chi connectivity index (χ3n) is 2.54. The van der Waals surface area contributed by atoms with Crippen molar-refractivity contribution >= 4 is 0 Å². The van der Waals surface area contributed by atoms with Crippen LogP contribution in [0.5, 0.6) is 0 Å². The first-order valence-electron chi connectivity index (χ1n) is 6.40. The van der Waals surface area contributed by atoms with Crippen LogP contribution >= 0.6 is 0 Å². The van der Waals surface area contributed by atoms with Crippen LogP contribution < -0.4 is 5.32 Å². The maximum atomic E-state index is 3.68. The monoisotopic (exact) mass is 235 g/mol. The van der Waals surface area contributed by atoms with E-state index in [1.54, 1.807) is 0 Å². The molecule has 0 atom stereocenters. The molecule has 0 saturated heterocycles. The highest BCUT2D eigenvalue weighted by molar-refractivity contribution is 5.39. The lowest BCUT2D eigenvalue weighted by Crippen LogP contribution is -2.51. The molecular weight excluding hydrogens is 206 g/mol. The molecule has 0 heterocycles. The van der Waals surface area contributed by atoms with Gasteiger partial charge in [0.2, 0.25) is 0 Å². The van der Waals surface area contributed by atoms with Gasteiger partial charge in [0.1, 0.15) is 0 Å². The Morgan fingerprint density at radius 3 is 1.71 bits per heavy atom.